The van der Waals surface area contributed by atoms with Gasteiger partial charge in [0.15, 0.2) is 0 Å². The van der Waals surface area contributed by atoms with E-state index >= 15 is 0 Å². The van der Waals surface area contributed by atoms with Gasteiger partial charge in [0.2, 0.25) is 0 Å². The molecule has 0 aliphatic rings. The van der Waals surface area contributed by atoms with Crippen LogP contribution in [0.3, 0.4) is 0 Å². The van der Waals surface area contributed by atoms with Crippen LogP contribution in [0.4, 0.5) is 0 Å². The first kappa shape index (κ1) is 26.2. The average Bonchev–Trinajstić information content (AvgIpc) is 2.44. The Morgan fingerprint density at radius 2 is 1.35 bits per heavy atom. The SMILES string of the molecule is CCCCCCCCCCCCCC(=O)OS(=O)(=O)CCO.[H-].[K+]. The molecule has 0 aromatic rings. The first-order chi connectivity index (χ1) is 10.5. The van der Waals surface area contributed by atoms with E-state index in [0.717, 1.165) is 12.8 Å². The molecule has 0 saturated heterocycles. The number of carbonyl (C=O) groups is 1. The van der Waals surface area contributed by atoms with Crippen LogP contribution in [-0.2, 0) is 19.1 Å². The molecule has 0 aromatic heterocycles. The first-order valence-corrected chi connectivity index (χ1v) is 10.2. The number of hydrogen-bond acceptors (Lipinski definition) is 5. The summed E-state index contributed by atoms with van der Waals surface area (Å²) in [4.78, 5) is 11.3. The molecular weight excluding hydrogens is 343 g/mol. The van der Waals surface area contributed by atoms with Crippen molar-refractivity contribution in [3.63, 3.8) is 0 Å². The minimum atomic E-state index is -3.89. The topological polar surface area (TPSA) is 80.7 Å². The molecule has 1 N–H and O–H groups in total. The zero-order chi connectivity index (χ0) is 16.7. The second-order valence-corrected chi connectivity index (χ2v) is 7.42. The van der Waals surface area contributed by atoms with Crippen molar-refractivity contribution < 1.29 is 75.3 Å². The van der Waals surface area contributed by atoms with Crippen LogP contribution < -0.4 is 51.4 Å². The van der Waals surface area contributed by atoms with Gasteiger partial charge in [0, 0.05) is 6.42 Å². The summed E-state index contributed by atoms with van der Waals surface area (Å²) in [5.41, 5.74) is 0. The van der Waals surface area contributed by atoms with E-state index in [9.17, 15) is 13.2 Å². The summed E-state index contributed by atoms with van der Waals surface area (Å²) in [6.45, 7) is 1.69. The van der Waals surface area contributed by atoms with E-state index in [1.54, 1.807) is 0 Å². The van der Waals surface area contributed by atoms with Crippen molar-refractivity contribution in [3.8, 4) is 0 Å². The Hall–Kier alpha value is 1.02. The van der Waals surface area contributed by atoms with Gasteiger partial charge in [-0.2, -0.15) is 8.42 Å². The molecule has 0 bridgehead atoms. The molecule has 0 unspecified atom stereocenters. The Balaban J connectivity index is -0.00000220. The van der Waals surface area contributed by atoms with Crippen molar-refractivity contribution >= 4 is 16.1 Å². The predicted molar refractivity (Wildman–Crippen MR) is 89.2 cm³/mol. The number of aliphatic hydroxyl groups is 1. The van der Waals surface area contributed by atoms with E-state index < -0.39 is 28.4 Å². The Kier molecular flexibility index (Phi) is 20.3. The first-order valence-electron chi connectivity index (χ1n) is 8.57. The van der Waals surface area contributed by atoms with Crippen molar-refractivity contribution in [2.45, 2.75) is 84.0 Å². The molecule has 0 aliphatic heterocycles. The molecule has 0 fully saturated rings. The monoisotopic (exact) mass is 376 g/mol. The molecule has 0 aromatic carbocycles. The fourth-order valence-corrected chi connectivity index (χ4v) is 2.94. The maximum absolute atomic E-state index is 11.3. The molecule has 0 saturated carbocycles. The van der Waals surface area contributed by atoms with Crippen molar-refractivity contribution in [3.05, 3.63) is 0 Å². The summed E-state index contributed by atoms with van der Waals surface area (Å²) in [7, 11) is -3.89. The molecule has 0 spiro atoms. The van der Waals surface area contributed by atoms with Gasteiger partial charge in [-0.3, -0.25) is 4.79 Å². The van der Waals surface area contributed by atoms with Crippen LogP contribution >= 0.6 is 0 Å². The second kappa shape index (κ2) is 17.8. The van der Waals surface area contributed by atoms with E-state index in [2.05, 4.69) is 11.1 Å². The van der Waals surface area contributed by atoms with Gasteiger partial charge >= 0.3 is 67.5 Å². The van der Waals surface area contributed by atoms with Crippen LogP contribution in [0.25, 0.3) is 0 Å². The number of unbranched alkanes of at least 4 members (excludes halogenated alkanes) is 10. The third-order valence-corrected chi connectivity index (χ3v) is 4.67. The Labute approximate surface area is 186 Å². The molecule has 0 heterocycles. The van der Waals surface area contributed by atoms with E-state index in [1.807, 2.05) is 0 Å². The molecule has 0 amide bonds. The normalized spacial score (nSPS) is 11.0. The van der Waals surface area contributed by atoms with Crippen molar-refractivity contribution in [1.29, 1.82) is 0 Å². The Morgan fingerprint density at radius 1 is 0.913 bits per heavy atom. The maximum Gasteiger partial charge on any atom is 1.00 e. The molecule has 0 rings (SSSR count). The minimum absolute atomic E-state index is 0. The molecule has 0 radical (unpaired) electrons. The van der Waals surface area contributed by atoms with Gasteiger partial charge in [-0.1, -0.05) is 71.1 Å². The fraction of sp³-hybridized carbons (Fsp3) is 0.938. The zero-order valence-electron chi connectivity index (χ0n) is 15.9. The third kappa shape index (κ3) is 19.2. The van der Waals surface area contributed by atoms with Crippen LogP contribution in [-0.4, -0.2) is 31.9 Å². The number of hydrogen-bond donors (Lipinski definition) is 1. The summed E-state index contributed by atoms with van der Waals surface area (Å²) in [5.74, 6) is -1.25. The van der Waals surface area contributed by atoms with Crippen molar-refractivity contribution in [2.75, 3.05) is 12.4 Å². The summed E-state index contributed by atoms with van der Waals surface area (Å²) in [6, 6.07) is 0. The average molecular weight is 377 g/mol. The Bertz CT molecular complexity index is 377. The van der Waals surface area contributed by atoms with Gasteiger partial charge in [0.05, 0.1) is 6.61 Å². The molecule has 7 heteroatoms. The summed E-state index contributed by atoms with van der Waals surface area (Å²) in [6.07, 6.45) is 13.1. The third-order valence-electron chi connectivity index (χ3n) is 3.55. The number of aliphatic hydroxyl groups excluding tert-OH is 1. The van der Waals surface area contributed by atoms with E-state index in [4.69, 9.17) is 5.11 Å². The number of carbonyl (C=O) groups excluding carboxylic acids is 1. The van der Waals surface area contributed by atoms with Gasteiger partial charge in [-0.05, 0) is 6.42 Å². The van der Waals surface area contributed by atoms with Gasteiger partial charge in [-0.25, -0.2) is 0 Å². The largest absolute Gasteiger partial charge is 1.00 e. The molecule has 134 valence electrons. The maximum atomic E-state index is 11.3. The van der Waals surface area contributed by atoms with Gasteiger partial charge in [0.1, 0.15) is 5.75 Å². The molecule has 23 heavy (non-hydrogen) atoms. The predicted octanol–water partition coefficient (Wildman–Crippen LogP) is 0.669. The van der Waals surface area contributed by atoms with E-state index in [1.165, 1.54) is 51.4 Å². The minimum Gasteiger partial charge on any atom is -1.00 e. The standard InChI is InChI=1S/C16H32O5S.K.H/c1-2-3-4-5-6-7-8-9-10-11-12-13-16(18)21-22(19,20)15-14-17;;/h17H,2-15H2,1H3;;/q;+1;-1. The zero-order valence-corrected chi connectivity index (χ0v) is 18.8. The molecule has 0 aliphatic carbocycles. The van der Waals surface area contributed by atoms with Crippen molar-refractivity contribution in [2.24, 2.45) is 0 Å². The van der Waals surface area contributed by atoms with E-state index in [0.29, 0.717) is 6.42 Å². The van der Waals surface area contributed by atoms with E-state index in [-0.39, 0.29) is 59.2 Å². The second-order valence-electron chi connectivity index (χ2n) is 5.73. The fourth-order valence-electron chi connectivity index (χ4n) is 2.27. The van der Waals surface area contributed by atoms with Gasteiger partial charge < -0.3 is 10.7 Å². The van der Waals surface area contributed by atoms with Crippen LogP contribution in [0.1, 0.15) is 85.4 Å². The molecular formula is C16H33KO5S. The number of rotatable bonds is 15. The van der Waals surface area contributed by atoms with Crippen LogP contribution in [0.5, 0.6) is 0 Å². The molecule has 0 atom stereocenters. The molecule has 5 nitrogen and oxygen atoms in total. The summed E-state index contributed by atoms with van der Waals surface area (Å²) < 4.78 is 26.6. The van der Waals surface area contributed by atoms with Crippen molar-refractivity contribution in [1.82, 2.24) is 0 Å². The quantitative estimate of drug-likeness (QED) is 0.258. The van der Waals surface area contributed by atoms with Gasteiger partial charge in [0.25, 0.3) is 0 Å². The summed E-state index contributed by atoms with van der Waals surface area (Å²) >= 11 is 0. The summed E-state index contributed by atoms with van der Waals surface area (Å²) in [5, 5.41) is 8.52. The Morgan fingerprint density at radius 3 is 1.78 bits per heavy atom. The van der Waals surface area contributed by atoms with Crippen LogP contribution in [0.15, 0.2) is 0 Å². The smallest absolute Gasteiger partial charge is 1.00 e. The van der Waals surface area contributed by atoms with Gasteiger partial charge in [-0.15, -0.1) is 0 Å². The van der Waals surface area contributed by atoms with Crippen LogP contribution in [0.2, 0.25) is 0 Å². The van der Waals surface area contributed by atoms with Crippen LogP contribution in [0, 0.1) is 0 Å².